The van der Waals surface area contributed by atoms with E-state index in [-0.39, 0.29) is 6.54 Å². The SMILES string of the molecule is O=C(O)CN(CC1CC1)c1nc2ccccc2s1. The molecule has 0 amide bonds. The number of fused-ring (bicyclic) bond motifs is 1. The van der Waals surface area contributed by atoms with Gasteiger partial charge in [0.25, 0.3) is 0 Å². The van der Waals surface area contributed by atoms with E-state index in [9.17, 15) is 4.79 Å². The molecular weight excluding hydrogens is 248 g/mol. The predicted molar refractivity (Wildman–Crippen MR) is 72.2 cm³/mol. The summed E-state index contributed by atoms with van der Waals surface area (Å²) in [4.78, 5) is 17.4. The van der Waals surface area contributed by atoms with E-state index in [2.05, 4.69) is 4.98 Å². The molecule has 1 fully saturated rings. The van der Waals surface area contributed by atoms with Gasteiger partial charge >= 0.3 is 5.97 Å². The number of carboxylic acids is 1. The van der Waals surface area contributed by atoms with Gasteiger partial charge in [-0.15, -0.1) is 0 Å². The zero-order chi connectivity index (χ0) is 12.5. The zero-order valence-corrected chi connectivity index (χ0v) is 10.7. The van der Waals surface area contributed by atoms with Crippen LogP contribution in [0.2, 0.25) is 0 Å². The molecule has 0 atom stereocenters. The third-order valence-corrected chi connectivity index (χ3v) is 4.15. The highest BCUT2D eigenvalue weighted by Crippen LogP contribution is 2.34. The summed E-state index contributed by atoms with van der Waals surface area (Å²) in [6.07, 6.45) is 2.42. The first kappa shape index (κ1) is 11.5. The summed E-state index contributed by atoms with van der Waals surface area (Å²) in [5.41, 5.74) is 0.948. The van der Waals surface area contributed by atoms with Crippen molar-refractivity contribution in [2.24, 2.45) is 5.92 Å². The lowest BCUT2D eigenvalue weighted by Crippen LogP contribution is -2.31. The standard InChI is InChI=1S/C13H14N2O2S/c16-12(17)8-15(7-9-5-6-9)13-14-10-3-1-2-4-11(10)18-13/h1-4,9H,5-8H2,(H,16,17). The molecule has 0 spiro atoms. The highest BCUT2D eigenvalue weighted by atomic mass is 32.1. The number of hydrogen-bond donors (Lipinski definition) is 1. The molecule has 4 nitrogen and oxygen atoms in total. The lowest BCUT2D eigenvalue weighted by Gasteiger charge is -2.18. The number of benzene rings is 1. The maximum atomic E-state index is 10.9. The molecule has 2 aromatic rings. The summed E-state index contributed by atoms with van der Waals surface area (Å²) < 4.78 is 1.11. The van der Waals surface area contributed by atoms with Crippen molar-refractivity contribution in [3.8, 4) is 0 Å². The van der Waals surface area contributed by atoms with Crippen LogP contribution < -0.4 is 4.90 Å². The monoisotopic (exact) mass is 262 g/mol. The van der Waals surface area contributed by atoms with Gasteiger partial charge in [-0.05, 0) is 30.9 Å². The van der Waals surface area contributed by atoms with Crippen LogP contribution in [0.3, 0.4) is 0 Å². The van der Waals surface area contributed by atoms with Crippen LogP contribution in [0.15, 0.2) is 24.3 Å². The van der Waals surface area contributed by atoms with Crippen molar-refractivity contribution >= 4 is 32.7 Å². The number of rotatable bonds is 5. The topological polar surface area (TPSA) is 53.4 Å². The molecule has 1 aromatic carbocycles. The van der Waals surface area contributed by atoms with Gasteiger partial charge in [0.05, 0.1) is 10.2 Å². The second-order valence-corrected chi connectivity index (χ2v) is 5.69. The Morgan fingerprint density at radius 2 is 2.22 bits per heavy atom. The van der Waals surface area contributed by atoms with Crippen LogP contribution in [0.4, 0.5) is 5.13 Å². The maximum Gasteiger partial charge on any atom is 0.323 e. The summed E-state index contributed by atoms with van der Waals surface area (Å²) >= 11 is 1.57. The summed E-state index contributed by atoms with van der Waals surface area (Å²) in [7, 11) is 0. The van der Waals surface area contributed by atoms with Gasteiger partial charge in [-0.2, -0.15) is 0 Å². The fourth-order valence-corrected chi connectivity index (χ4v) is 2.95. The average molecular weight is 262 g/mol. The van der Waals surface area contributed by atoms with Gasteiger partial charge in [-0.1, -0.05) is 23.5 Å². The third-order valence-electron chi connectivity index (χ3n) is 3.05. The summed E-state index contributed by atoms with van der Waals surface area (Å²) in [6, 6.07) is 7.92. The number of nitrogens with zero attached hydrogens (tertiary/aromatic N) is 2. The summed E-state index contributed by atoms with van der Waals surface area (Å²) in [5.74, 6) is -0.147. The Kier molecular flexibility index (Phi) is 2.91. The van der Waals surface area contributed by atoms with Gasteiger partial charge in [0.1, 0.15) is 6.54 Å². The number of para-hydroxylation sites is 1. The molecule has 0 bridgehead atoms. The molecule has 5 heteroatoms. The van der Waals surface area contributed by atoms with Gasteiger partial charge in [-0.25, -0.2) is 4.98 Å². The predicted octanol–water partition coefficient (Wildman–Crippen LogP) is 2.60. The Labute approximate surface area is 109 Å². The van der Waals surface area contributed by atoms with Crippen LogP contribution in [0, 0.1) is 5.92 Å². The molecule has 0 radical (unpaired) electrons. The average Bonchev–Trinajstić information content (AvgIpc) is 3.04. The Bertz CT molecular complexity index is 544. The van der Waals surface area contributed by atoms with Crippen molar-refractivity contribution in [2.75, 3.05) is 18.0 Å². The van der Waals surface area contributed by atoms with Crippen molar-refractivity contribution in [3.63, 3.8) is 0 Å². The van der Waals surface area contributed by atoms with Gasteiger partial charge in [0, 0.05) is 6.54 Å². The highest BCUT2D eigenvalue weighted by molar-refractivity contribution is 7.22. The smallest absolute Gasteiger partial charge is 0.323 e. The van der Waals surface area contributed by atoms with E-state index in [0.717, 1.165) is 21.9 Å². The van der Waals surface area contributed by atoms with Gasteiger partial charge < -0.3 is 10.0 Å². The van der Waals surface area contributed by atoms with Crippen molar-refractivity contribution in [2.45, 2.75) is 12.8 Å². The van der Waals surface area contributed by atoms with Crippen molar-refractivity contribution in [3.05, 3.63) is 24.3 Å². The minimum absolute atomic E-state index is 0.0380. The van der Waals surface area contributed by atoms with Gasteiger partial charge in [0.15, 0.2) is 5.13 Å². The second-order valence-electron chi connectivity index (χ2n) is 4.68. The number of hydrogen-bond acceptors (Lipinski definition) is 4. The van der Waals surface area contributed by atoms with E-state index in [1.54, 1.807) is 11.3 Å². The van der Waals surface area contributed by atoms with Crippen LogP contribution in [0.1, 0.15) is 12.8 Å². The van der Waals surface area contributed by atoms with E-state index < -0.39 is 5.97 Å². The maximum absolute atomic E-state index is 10.9. The number of thiazole rings is 1. The van der Waals surface area contributed by atoms with Crippen LogP contribution in [-0.4, -0.2) is 29.1 Å². The molecule has 94 valence electrons. The van der Waals surface area contributed by atoms with Crippen molar-refractivity contribution in [1.82, 2.24) is 4.98 Å². The molecular formula is C13H14N2O2S. The fourth-order valence-electron chi connectivity index (χ4n) is 1.98. The molecule has 3 rings (SSSR count). The normalized spacial score (nSPS) is 14.9. The van der Waals surface area contributed by atoms with Crippen LogP contribution in [0.25, 0.3) is 10.2 Å². The minimum Gasteiger partial charge on any atom is -0.480 e. The van der Waals surface area contributed by atoms with Crippen LogP contribution in [-0.2, 0) is 4.79 Å². The summed E-state index contributed by atoms with van der Waals surface area (Å²) in [5, 5.41) is 9.81. The Morgan fingerprint density at radius 1 is 1.44 bits per heavy atom. The van der Waals surface area contributed by atoms with Crippen LogP contribution in [0.5, 0.6) is 0 Å². The summed E-state index contributed by atoms with van der Waals surface area (Å²) in [6.45, 7) is 0.850. The van der Waals surface area contributed by atoms with Crippen molar-refractivity contribution < 1.29 is 9.90 Å². The van der Waals surface area contributed by atoms with E-state index in [1.807, 2.05) is 29.2 Å². The van der Waals surface area contributed by atoms with E-state index in [4.69, 9.17) is 5.11 Å². The quantitative estimate of drug-likeness (QED) is 0.900. The first-order valence-corrected chi connectivity index (χ1v) is 6.86. The molecule has 18 heavy (non-hydrogen) atoms. The van der Waals surface area contributed by atoms with E-state index >= 15 is 0 Å². The molecule has 0 aliphatic heterocycles. The third kappa shape index (κ3) is 2.46. The fraction of sp³-hybridized carbons (Fsp3) is 0.385. The molecule has 1 aliphatic carbocycles. The molecule has 1 heterocycles. The first-order valence-electron chi connectivity index (χ1n) is 6.04. The van der Waals surface area contributed by atoms with E-state index in [1.165, 1.54) is 12.8 Å². The molecule has 0 saturated heterocycles. The molecule has 1 aliphatic rings. The molecule has 1 aromatic heterocycles. The lowest BCUT2D eigenvalue weighted by molar-refractivity contribution is -0.135. The lowest BCUT2D eigenvalue weighted by atomic mass is 10.3. The Balaban J connectivity index is 1.89. The Morgan fingerprint density at radius 3 is 2.89 bits per heavy atom. The van der Waals surface area contributed by atoms with Gasteiger partial charge in [0.2, 0.25) is 0 Å². The molecule has 0 unspecified atom stereocenters. The van der Waals surface area contributed by atoms with E-state index in [0.29, 0.717) is 5.92 Å². The highest BCUT2D eigenvalue weighted by Gasteiger charge is 2.26. The van der Waals surface area contributed by atoms with Gasteiger partial charge in [-0.3, -0.25) is 4.79 Å². The zero-order valence-electron chi connectivity index (χ0n) is 9.87. The Hall–Kier alpha value is -1.62. The molecule has 1 saturated carbocycles. The van der Waals surface area contributed by atoms with Crippen LogP contribution >= 0.6 is 11.3 Å². The number of carboxylic acid groups (broad SMARTS) is 1. The first-order chi connectivity index (χ1) is 8.72. The number of aromatic nitrogens is 1. The number of aliphatic carboxylic acids is 1. The van der Waals surface area contributed by atoms with Crippen molar-refractivity contribution in [1.29, 1.82) is 0 Å². The second kappa shape index (κ2) is 4.57. The minimum atomic E-state index is -0.796. The number of anilines is 1. The number of carbonyl (C=O) groups is 1. The largest absolute Gasteiger partial charge is 0.480 e. The molecule has 1 N–H and O–H groups in total.